The molecular weight excluding hydrogens is 474 g/mol. The van der Waals surface area contributed by atoms with Gasteiger partial charge in [-0.15, -0.1) is 0 Å². The van der Waals surface area contributed by atoms with E-state index in [9.17, 15) is 19.2 Å². The van der Waals surface area contributed by atoms with Gasteiger partial charge in [-0.2, -0.15) is 0 Å². The third-order valence-electron chi connectivity index (χ3n) is 7.06. The number of fused-ring (bicyclic) bond motifs is 1. The van der Waals surface area contributed by atoms with Crippen LogP contribution in [0.1, 0.15) is 68.8 Å². The van der Waals surface area contributed by atoms with Crippen molar-refractivity contribution in [3.05, 3.63) is 29.3 Å². The molecule has 0 aliphatic carbocycles. The van der Waals surface area contributed by atoms with Crippen LogP contribution in [0.5, 0.6) is 0 Å². The topological polar surface area (TPSA) is 111 Å². The molecule has 2 fully saturated rings. The summed E-state index contributed by atoms with van der Waals surface area (Å²) in [6.45, 7) is 11.4. The summed E-state index contributed by atoms with van der Waals surface area (Å²) in [6.07, 6.45) is 3.35. The molecule has 0 bridgehead atoms. The minimum Gasteiger partial charge on any atom is -0.444 e. The monoisotopic (exact) mass is 513 g/mol. The van der Waals surface area contributed by atoms with Crippen LogP contribution in [0.3, 0.4) is 0 Å². The van der Waals surface area contributed by atoms with Gasteiger partial charge in [-0.3, -0.25) is 24.6 Å². The van der Waals surface area contributed by atoms with Crippen LogP contribution in [0.2, 0.25) is 0 Å². The first-order chi connectivity index (χ1) is 17.6. The van der Waals surface area contributed by atoms with Gasteiger partial charge in [0.1, 0.15) is 11.6 Å². The van der Waals surface area contributed by atoms with Crippen molar-refractivity contribution in [1.29, 1.82) is 0 Å². The van der Waals surface area contributed by atoms with Gasteiger partial charge >= 0.3 is 6.09 Å². The maximum atomic E-state index is 12.9. The van der Waals surface area contributed by atoms with Crippen LogP contribution in [0, 0.1) is 0 Å². The van der Waals surface area contributed by atoms with E-state index in [-0.39, 0.29) is 30.2 Å². The van der Waals surface area contributed by atoms with Crippen molar-refractivity contribution in [3.63, 3.8) is 0 Å². The quantitative estimate of drug-likeness (QED) is 0.405. The number of nitrogens with zero attached hydrogens (tertiary/aromatic N) is 3. The van der Waals surface area contributed by atoms with E-state index in [1.807, 2.05) is 32.9 Å². The Kier molecular flexibility index (Phi) is 8.36. The highest BCUT2D eigenvalue weighted by Crippen LogP contribution is 2.31. The Morgan fingerprint density at radius 2 is 1.84 bits per heavy atom. The molecule has 3 aliphatic rings. The average Bonchev–Trinajstić information content (AvgIpc) is 3.16. The smallest absolute Gasteiger partial charge is 0.407 e. The number of piperazine rings is 1. The zero-order chi connectivity index (χ0) is 26.6. The van der Waals surface area contributed by atoms with E-state index in [1.165, 1.54) is 0 Å². The summed E-state index contributed by atoms with van der Waals surface area (Å²) in [7, 11) is 0. The number of hydrogen-bond acceptors (Lipinski definition) is 7. The number of carbonyl (C=O) groups excluding carboxylic acids is 4. The van der Waals surface area contributed by atoms with E-state index in [2.05, 4.69) is 26.5 Å². The third-order valence-corrected chi connectivity index (χ3v) is 7.06. The van der Waals surface area contributed by atoms with Crippen molar-refractivity contribution in [3.8, 4) is 0 Å². The van der Waals surface area contributed by atoms with Crippen LogP contribution in [0.4, 0.5) is 10.5 Å². The van der Waals surface area contributed by atoms with Crippen LogP contribution in [-0.2, 0) is 20.9 Å². The lowest BCUT2D eigenvalue weighted by Crippen LogP contribution is -2.52. The van der Waals surface area contributed by atoms with Gasteiger partial charge in [-0.25, -0.2) is 4.79 Å². The fourth-order valence-corrected chi connectivity index (χ4v) is 5.13. The molecule has 1 aromatic carbocycles. The van der Waals surface area contributed by atoms with Crippen molar-refractivity contribution >= 4 is 29.5 Å². The van der Waals surface area contributed by atoms with Gasteiger partial charge in [-0.1, -0.05) is 6.42 Å². The van der Waals surface area contributed by atoms with Crippen molar-refractivity contribution in [2.75, 3.05) is 44.2 Å². The number of piperidine rings is 1. The number of amides is 4. The number of carbonyl (C=O) groups is 4. The van der Waals surface area contributed by atoms with Crippen molar-refractivity contribution in [2.45, 2.75) is 71.1 Å². The molecule has 10 heteroatoms. The number of hydrogen-bond donors (Lipinski definition) is 2. The average molecular weight is 514 g/mol. The van der Waals surface area contributed by atoms with Crippen molar-refractivity contribution in [1.82, 2.24) is 20.4 Å². The van der Waals surface area contributed by atoms with Gasteiger partial charge in [0.2, 0.25) is 11.8 Å². The van der Waals surface area contributed by atoms with Crippen LogP contribution in [0.25, 0.3) is 0 Å². The maximum Gasteiger partial charge on any atom is 0.407 e. The minimum atomic E-state index is -0.585. The molecule has 0 radical (unpaired) electrons. The van der Waals surface area contributed by atoms with E-state index in [0.717, 1.165) is 63.2 Å². The van der Waals surface area contributed by atoms with Crippen LogP contribution >= 0.6 is 0 Å². The highest BCUT2D eigenvalue weighted by atomic mass is 16.6. The highest BCUT2D eigenvalue weighted by molar-refractivity contribution is 6.05. The zero-order valence-corrected chi connectivity index (χ0v) is 22.2. The van der Waals surface area contributed by atoms with Gasteiger partial charge in [0, 0.05) is 56.9 Å². The van der Waals surface area contributed by atoms with E-state index >= 15 is 0 Å². The van der Waals surface area contributed by atoms with Crippen LogP contribution < -0.4 is 15.5 Å². The summed E-state index contributed by atoms with van der Waals surface area (Å²) in [5, 5.41) is 5.16. The molecule has 1 unspecified atom stereocenters. The van der Waals surface area contributed by atoms with Crippen molar-refractivity contribution < 1.29 is 23.9 Å². The minimum absolute atomic E-state index is 0.137. The number of unbranched alkanes of at least 4 members (excludes halogenated alkanes) is 2. The SMILES string of the molecule is CC(C)(C)OC(=O)NCCCCCN1CCN(c2ccc3c(c2)CN(C2CCC(=O)NC2=O)C3=O)CC1. The molecule has 1 aromatic rings. The summed E-state index contributed by atoms with van der Waals surface area (Å²) in [4.78, 5) is 54.8. The second kappa shape index (κ2) is 11.5. The molecule has 37 heavy (non-hydrogen) atoms. The molecule has 4 amide bonds. The highest BCUT2D eigenvalue weighted by Gasteiger charge is 2.39. The summed E-state index contributed by atoms with van der Waals surface area (Å²) in [5.74, 6) is -0.794. The van der Waals surface area contributed by atoms with E-state index in [4.69, 9.17) is 4.74 Å². The second-order valence-corrected chi connectivity index (χ2v) is 11.1. The normalized spacial score (nSPS) is 20.6. The number of anilines is 1. The molecular formula is C27H39N5O5. The number of ether oxygens (including phenoxy) is 1. The summed E-state index contributed by atoms with van der Waals surface area (Å²) in [5.41, 5.74) is 2.21. The fourth-order valence-electron chi connectivity index (χ4n) is 5.13. The zero-order valence-electron chi connectivity index (χ0n) is 22.2. The van der Waals surface area contributed by atoms with Gasteiger partial charge in [0.05, 0.1) is 0 Å². The van der Waals surface area contributed by atoms with Crippen LogP contribution in [0.15, 0.2) is 18.2 Å². The molecule has 0 aromatic heterocycles. The Balaban J connectivity index is 1.18. The predicted octanol–water partition coefficient (Wildman–Crippen LogP) is 2.26. The molecule has 1 atom stereocenters. The Labute approximate surface area is 218 Å². The van der Waals surface area contributed by atoms with Gasteiger partial charge in [0.25, 0.3) is 5.91 Å². The third kappa shape index (κ3) is 7.00. The summed E-state index contributed by atoms with van der Waals surface area (Å²) in [6, 6.07) is 5.36. The number of rotatable bonds is 8. The summed E-state index contributed by atoms with van der Waals surface area (Å²) < 4.78 is 5.25. The maximum absolute atomic E-state index is 12.9. The first kappa shape index (κ1) is 26.9. The van der Waals surface area contributed by atoms with Crippen molar-refractivity contribution in [2.24, 2.45) is 0 Å². The molecule has 2 saturated heterocycles. The lowest BCUT2D eigenvalue weighted by atomic mass is 10.0. The molecule has 202 valence electrons. The molecule has 3 aliphatic heterocycles. The number of imide groups is 1. The molecule has 0 saturated carbocycles. The second-order valence-electron chi connectivity index (χ2n) is 11.1. The largest absolute Gasteiger partial charge is 0.444 e. The van der Waals surface area contributed by atoms with Crippen LogP contribution in [-0.4, -0.2) is 84.5 Å². The number of alkyl carbamates (subject to hydrolysis) is 1. The predicted molar refractivity (Wildman–Crippen MR) is 139 cm³/mol. The van der Waals surface area contributed by atoms with E-state index in [0.29, 0.717) is 25.1 Å². The number of benzene rings is 1. The molecule has 0 spiro atoms. The Bertz CT molecular complexity index is 1030. The fraction of sp³-hybridized carbons (Fsp3) is 0.630. The lowest BCUT2D eigenvalue weighted by molar-refractivity contribution is -0.136. The first-order valence-corrected chi connectivity index (χ1v) is 13.3. The molecule has 2 N–H and O–H groups in total. The lowest BCUT2D eigenvalue weighted by Gasteiger charge is -2.36. The Hall–Kier alpha value is -3.14. The molecule has 10 nitrogen and oxygen atoms in total. The number of nitrogens with one attached hydrogen (secondary N) is 2. The van der Waals surface area contributed by atoms with E-state index in [1.54, 1.807) is 4.90 Å². The molecule has 4 rings (SSSR count). The van der Waals surface area contributed by atoms with E-state index < -0.39 is 11.6 Å². The van der Waals surface area contributed by atoms with Gasteiger partial charge < -0.3 is 19.9 Å². The molecule has 3 heterocycles. The Morgan fingerprint density at radius 3 is 2.54 bits per heavy atom. The van der Waals surface area contributed by atoms with Gasteiger partial charge in [-0.05, 0) is 70.3 Å². The first-order valence-electron chi connectivity index (χ1n) is 13.3. The standard InChI is InChI=1S/C27H39N5O5/c1-27(2,3)37-26(36)28-11-5-4-6-12-30-13-15-31(16-14-30)20-7-8-21-19(17-20)18-32(25(21)35)22-9-10-23(33)29-24(22)34/h7-8,17,22H,4-6,9-16,18H2,1-3H3,(H,28,36)(H,29,33,34). The Morgan fingerprint density at radius 1 is 1.08 bits per heavy atom. The summed E-state index contributed by atoms with van der Waals surface area (Å²) >= 11 is 0. The van der Waals surface area contributed by atoms with Gasteiger partial charge in [0.15, 0.2) is 0 Å².